The average Bonchev–Trinajstić information content (AvgIpc) is 3.23. The van der Waals surface area contributed by atoms with E-state index in [1.807, 2.05) is 65.4 Å². The van der Waals surface area contributed by atoms with E-state index in [1.54, 1.807) is 17.8 Å². The molecule has 0 saturated carbocycles. The van der Waals surface area contributed by atoms with Crippen molar-refractivity contribution in [2.45, 2.75) is 19.0 Å². The fourth-order valence-corrected chi connectivity index (χ4v) is 3.77. The number of aromatic nitrogens is 5. The fraction of sp³-hybridized carbons (Fsp3) is 0.227. The maximum atomic E-state index is 12.8. The zero-order valence-corrected chi connectivity index (χ0v) is 17.8. The van der Waals surface area contributed by atoms with Gasteiger partial charge in [0, 0.05) is 17.8 Å². The first-order valence-corrected chi connectivity index (χ1v) is 11.3. The van der Waals surface area contributed by atoms with Gasteiger partial charge in [-0.2, -0.15) is 16.9 Å². The largest absolute Gasteiger partial charge is 0.344 e. The predicted octanol–water partition coefficient (Wildman–Crippen LogP) is 2.56. The smallest absolute Gasteiger partial charge is 0.267 e. The van der Waals surface area contributed by atoms with Gasteiger partial charge in [0.15, 0.2) is 11.5 Å². The van der Waals surface area contributed by atoms with Crippen molar-refractivity contribution in [3.05, 3.63) is 83.0 Å². The summed E-state index contributed by atoms with van der Waals surface area (Å²) in [5.41, 5.74) is 1.90. The van der Waals surface area contributed by atoms with Crippen molar-refractivity contribution in [2.24, 2.45) is 0 Å². The minimum atomic E-state index is -0.330. The molecular weight excluding hydrogens is 412 g/mol. The molecule has 8 nitrogen and oxygen atoms in total. The molecule has 3 aromatic heterocycles. The SMILES string of the molecule is CSCC[C@H](NC(=O)Cn1nc(-c2ccccc2)ccc1=O)c1nnc2ccccn12. The van der Waals surface area contributed by atoms with E-state index in [0.717, 1.165) is 11.3 Å². The molecule has 31 heavy (non-hydrogen) atoms. The van der Waals surface area contributed by atoms with E-state index >= 15 is 0 Å². The third kappa shape index (κ3) is 4.83. The van der Waals surface area contributed by atoms with Gasteiger partial charge in [-0.25, -0.2) is 4.68 Å². The summed E-state index contributed by atoms with van der Waals surface area (Å²) in [6.45, 7) is -0.175. The van der Waals surface area contributed by atoms with E-state index in [4.69, 9.17) is 0 Å². The second kappa shape index (κ2) is 9.57. The Bertz CT molecular complexity index is 1240. The number of pyridine rings is 1. The second-order valence-electron chi connectivity index (χ2n) is 6.97. The van der Waals surface area contributed by atoms with Crippen LogP contribution in [0.1, 0.15) is 18.3 Å². The summed E-state index contributed by atoms with van der Waals surface area (Å²) in [5, 5.41) is 15.8. The van der Waals surface area contributed by atoms with Gasteiger partial charge in [-0.05, 0) is 36.6 Å². The molecule has 0 spiro atoms. The Balaban J connectivity index is 1.55. The molecule has 0 unspecified atom stereocenters. The monoisotopic (exact) mass is 434 g/mol. The van der Waals surface area contributed by atoms with Crippen LogP contribution in [0.25, 0.3) is 16.9 Å². The van der Waals surface area contributed by atoms with Gasteiger partial charge >= 0.3 is 0 Å². The van der Waals surface area contributed by atoms with Crippen LogP contribution < -0.4 is 10.9 Å². The first-order chi connectivity index (χ1) is 15.2. The van der Waals surface area contributed by atoms with Crippen LogP contribution in [0.4, 0.5) is 0 Å². The van der Waals surface area contributed by atoms with E-state index in [1.165, 1.54) is 10.7 Å². The second-order valence-corrected chi connectivity index (χ2v) is 7.95. The van der Waals surface area contributed by atoms with Crippen LogP contribution in [0, 0.1) is 0 Å². The molecule has 0 radical (unpaired) electrons. The summed E-state index contributed by atoms with van der Waals surface area (Å²) in [5.74, 6) is 1.20. The summed E-state index contributed by atoms with van der Waals surface area (Å²) in [7, 11) is 0. The van der Waals surface area contributed by atoms with Crippen molar-refractivity contribution in [2.75, 3.05) is 12.0 Å². The van der Waals surface area contributed by atoms with E-state index in [0.29, 0.717) is 23.6 Å². The molecule has 0 aliphatic carbocycles. The zero-order chi connectivity index (χ0) is 21.6. The van der Waals surface area contributed by atoms with Crippen molar-refractivity contribution >= 4 is 23.3 Å². The van der Waals surface area contributed by atoms with Gasteiger partial charge in [0.2, 0.25) is 5.91 Å². The number of carbonyl (C=O) groups excluding carboxylic acids is 1. The van der Waals surface area contributed by atoms with Gasteiger partial charge in [-0.1, -0.05) is 36.4 Å². The maximum absolute atomic E-state index is 12.8. The van der Waals surface area contributed by atoms with Crippen LogP contribution in [0.3, 0.4) is 0 Å². The first-order valence-electron chi connectivity index (χ1n) is 9.87. The van der Waals surface area contributed by atoms with Crippen molar-refractivity contribution in [3.63, 3.8) is 0 Å². The number of benzene rings is 1. The highest BCUT2D eigenvalue weighted by Crippen LogP contribution is 2.18. The van der Waals surface area contributed by atoms with Crippen LogP contribution in [0.2, 0.25) is 0 Å². The lowest BCUT2D eigenvalue weighted by molar-refractivity contribution is -0.122. The van der Waals surface area contributed by atoms with Crippen LogP contribution >= 0.6 is 11.8 Å². The zero-order valence-electron chi connectivity index (χ0n) is 17.0. The number of rotatable bonds is 8. The molecule has 1 atom stereocenters. The molecule has 3 heterocycles. The van der Waals surface area contributed by atoms with Gasteiger partial charge < -0.3 is 5.32 Å². The highest BCUT2D eigenvalue weighted by atomic mass is 32.2. The molecule has 0 fully saturated rings. The van der Waals surface area contributed by atoms with Gasteiger partial charge in [0.25, 0.3) is 5.56 Å². The van der Waals surface area contributed by atoms with Crippen molar-refractivity contribution in [1.29, 1.82) is 0 Å². The van der Waals surface area contributed by atoms with Gasteiger partial charge in [0.1, 0.15) is 6.54 Å². The van der Waals surface area contributed by atoms with E-state index in [2.05, 4.69) is 20.6 Å². The lowest BCUT2D eigenvalue weighted by atomic mass is 10.1. The lowest BCUT2D eigenvalue weighted by Gasteiger charge is -2.17. The number of fused-ring (bicyclic) bond motifs is 1. The number of thioether (sulfide) groups is 1. The first kappa shape index (κ1) is 20.8. The summed E-state index contributed by atoms with van der Waals surface area (Å²) < 4.78 is 3.05. The highest BCUT2D eigenvalue weighted by molar-refractivity contribution is 7.98. The van der Waals surface area contributed by atoms with Gasteiger partial charge in [-0.15, -0.1) is 10.2 Å². The summed E-state index contributed by atoms with van der Waals surface area (Å²) >= 11 is 1.69. The van der Waals surface area contributed by atoms with Crippen LogP contribution in [-0.4, -0.2) is 42.3 Å². The van der Waals surface area contributed by atoms with E-state index < -0.39 is 0 Å². The Hall–Kier alpha value is -3.46. The molecule has 0 bridgehead atoms. The third-order valence-electron chi connectivity index (χ3n) is 4.83. The van der Waals surface area contributed by atoms with Crippen molar-refractivity contribution < 1.29 is 4.79 Å². The topological polar surface area (TPSA) is 94.2 Å². The third-order valence-corrected chi connectivity index (χ3v) is 5.47. The number of nitrogens with zero attached hydrogens (tertiary/aromatic N) is 5. The molecule has 0 saturated heterocycles. The number of nitrogens with one attached hydrogen (secondary N) is 1. The molecule has 1 amide bonds. The van der Waals surface area contributed by atoms with Crippen molar-refractivity contribution in [3.8, 4) is 11.3 Å². The Morgan fingerprint density at radius 2 is 1.87 bits per heavy atom. The average molecular weight is 435 g/mol. The quantitative estimate of drug-likeness (QED) is 0.458. The molecule has 1 aromatic carbocycles. The minimum Gasteiger partial charge on any atom is -0.344 e. The van der Waals surface area contributed by atoms with Gasteiger partial charge in [0.05, 0.1) is 11.7 Å². The minimum absolute atomic E-state index is 0.175. The highest BCUT2D eigenvalue weighted by Gasteiger charge is 2.20. The number of carbonyl (C=O) groups is 1. The number of hydrogen-bond donors (Lipinski definition) is 1. The lowest BCUT2D eigenvalue weighted by Crippen LogP contribution is -2.36. The fourth-order valence-electron chi connectivity index (χ4n) is 3.30. The van der Waals surface area contributed by atoms with E-state index in [-0.39, 0.29) is 24.1 Å². The molecule has 9 heteroatoms. The van der Waals surface area contributed by atoms with Crippen molar-refractivity contribution in [1.82, 2.24) is 29.7 Å². The molecule has 0 aliphatic rings. The number of amides is 1. The summed E-state index contributed by atoms with van der Waals surface area (Å²) in [4.78, 5) is 25.1. The summed E-state index contributed by atoms with van der Waals surface area (Å²) in [6, 6.07) is 17.9. The Morgan fingerprint density at radius 1 is 1.06 bits per heavy atom. The van der Waals surface area contributed by atoms with Crippen LogP contribution in [0.15, 0.2) is 71.7 Å². The molecular formula is C22H22N6O2S. The summed E-state index contributed by atoms with van der Waals surface area (Å²) in [6.07, 6.45) is 4.58. The van der Waals surface area contributed by atoms with Crippen LogP contribution in [0.5, 0.6) is 0 Å². The molecule has 0 aliphatic heterocycles. The van der Waals surface area contributed by atoms with Crippen LogP contribution in [-0.2, 0) is 11.3 Å². The molecule has 158 valence electrons. The molecule has 1 N–H and O–H groups in total. The Labute approximate surface area is 183 Å². The standard InChI is InChI=1S/C22H22N6O2S/c1-31-14-12-18(22-25-24-19-9-5-6-13-27(19)22)23-20(29)15-28-21(30)11-10-17(26-28)16-7-3-2-4-8-16/h2-11,13,18H,12,14-15H2,1H3,(H,23,29)/t18-/m0/s1. The van der Waals surface area contributed by atoms with Gasteiger partial charge in [-0.3, -0.25) is 14.0 Å². The molecule has 4 aromatic rings. The Morgan fingerprint density at radius 3 is 2.68 bits per heavy atom. The predicted molar refractivity (Wildman–Crippen MR) is 121 cm³/mol. The number of hydrogen-bond acceptors (Lipinski definition) is 6. The maximum Gasteiger partial charge on any atom is 0.267 e. The van der Waals surface area contributed by atoms with E-state index in [9.17, 15) is 9.59 Å². The normalized spacial score (nSPS) is 12.0. The molecule has 4 rings (SSSR count). The Kier molecular flexibility index (Phi) is 6.42.